The third kappa shape index (κ3) is 6.67. The van der Waals surface area contributed by atoms with E-state index in [1.54, 1.807) is 0 Å². The van der Waals surface area contributed by atoms with Crippen molar-refractivity contribution in [3.63, 3.8) is 0 Å². The molecular formula is C15H28O3. The molecule has 3 nitrogen and oxygen atoms in total. The van der Waals surface area contributed by atoms with Gasteiger partial charge >= 0.3 is 5.97 Å². The molecule has 0 aliphatic carbocycles. The van der Waals surface area contributed by atoms with Crippen LogP contribution in [0, 0.1) is 0 Å². The van der Waals surface area contributed by atoms with Gasteiger partial charge < -0.3 is 9.47 Å². The van der Waals surface area contributed by atoms with Crippen LogP contribution in [0.4, 0.5) is 0 Å². The highest BCUT2D eigenvalue weighted by molar-refractivity contribution is 5.89. The Hall–Kier alpha value is -0.990. The molecule has 106 valence electrons. The lowest BCUT2D eigenvalue weighted by atomic mass is 10.0. The lowest BCUT2D eigenvalue weighted by molar-refractivity contribution is -0.139. The van der Waals surface area contributed by atoms with Crippen LogP contribution < -0.4 is 0 Å². The summed E-state index contributed by atoms with van der Waals surface area (Å²) in [5, 5.41) is 0. The Bertz CT molecular complexity index is 256. The van der Waals surface area contributed by atoms with Crippen molar-refractivity contribution in [3.05, 3.63) is 11.3 Å². The third-order valence-electron chi connectivity index (χ3n) is 2.71. The summed E-state index contributed by atoms with van der Waals surface area (Å²) in [6, 6.07) is 0. The van der Waals surface area contributed by atoms with Crippen molar-refractivity contribution in [2.75, 3.05) is 13.2 Å². The molecule has 0 heterocycles. The number of allylic oxidation sites excluding steroid dienone is 1. The standard InChI is InChI=1S/C15H28O3/c1-5-9-11-13(15(16)18-8-4)14(17-7-3)12-10-6-2/h5-12H2,1-4H3/b14-13-. The summed E-state index contributed by atoms with van der Waals surface area (Å²) < 4.78 is 10.8. The average molecular weight is 256 g/mol. The predicted molar refractivity (Wildman–Crippen MR) is 74.3 cm³/mol. The number of rotatable bonds is 10. The van der Waals surface area contributed by atoms with Gasteiger partial charge in [0.2, 0.25) is 0 Å². The van der Waals surface area contributed by atoms with Gasteiger partial charge in [-0.15, -0.1) is 0 Å². The topological polar surface area (TPSA) is 35.5 Å². The van der Waals surface area contributed by atoms with Gasteiger partial charge in [0.1, 0.15) is 5.76 Å². The molecule has 0 saturated carbocycles. The molecule has 0 bridgehead atoms. The molecule has 0 spiro atoms. The SMILES string of the molecule is CCCC/C(OCC)=C(\CCCC)C(=O)OCC. The second kappa shape index (κ2) is 11.1. The minimum absolute atomic E-state index is 0.203. The zero-order chi connectivity index (χ0) is 13.8. The molecule has 0 radical (unpaired) electrons. The molecule has 0 unspecified atom stereocenters. The first-order valence-electron chi connectivity index (χ1n) is 7.23. The van der Waals surface area contributed by atoms with Crippen LogP contribution in [0.3, 0.4) is 0 Å². The smallest absolute Gasteiger partial charge is 0.337 e. The minimum atomic E-state index is -0.203. The maximum absolute atomic E-state index is 12.0. The van der Waals surface area contributed by atoms with Gasteiger partial charge in [-0.3, -0.25) is 0 Å². The van der Waals surface area contributed by atoms with E-state index in [2.05, 4.69) is 13.8 Å². The van der Waals surface area contributed by atoms with Gasteiger partial charge in [0.15, 0.2) is 0 Å². The van der Waals surface area contributed by atoms with Gasteiger partial charge in [-0.05, 0) is 33.1 Å². The lowest BCUT2D eigenvalue weighted by Gasteiger charge is -2.14. The Balaban J connectivity index is 4.91. The van der Waals surface area contributed by atoms with Crippen LogP contribution in [0.5, 0.6) is 0 Å². The summed E-state index contributed by atoms with van der Waals surface area (Å²) in [7, 11) is 0. The van der Waals surface area contributed by atoms with E-state index in [9.17, 15) is 4.79 Å². The second-order valence-corrected chi connectivity index (χ2v) is 4.26. The number of carbonyl (C=O) groups excluding carboxylic acids is 1. The van der Waals surface area contributed by atoms with E-state index in [4.69, 9.17) is 9.47 Å². The van der Waals surface area contributed by atoms with Crippen molar-refractivity contribution in [1.29, 1.82) is 0 Å². The molecule has 0 N–H and O–H groups in total. The van der Waals surface area contributed by atoms with Crippen LogP contribution in [0.25, 0.3) is 0 Å². The molecule has 0 aromatic heterocycles. The first kappa shape index (κ1) is 17.0. The van der Waals surface area contributed by atoms with Gasteiger partial charge in [0.05, 0.1) is 18.8 Å². The van der Waals surface area contributed by atoms with Crippen molar-refractivity contribution < 1.29 is 14.3 Å². The molecule has 0 aromatic rings. The summed E-state index contributed by atoms with van der Waals surface area (Å²) in [6.07, 6.45) is 5.80. The predicted octanol–water partition coefficient (Wildman–Crippen LogP) is 4.22. The van der Waals surface area contributed by atoms with E-state index in [0.29, 0.717) is 13.2 Å². The van der Waals surface area contributed by atoms with Gasteiger partial charge in [0.25, 0.3) is 0 Å². The fourth-order valence-electron chi connectivity index (χ4n) is 1.75. The first-order chi connectivity index (χ1) is 8.71. The van der Waals surface area contributed by atoms with E-state index in [1.165, 1.54) is 0 Å². The van der Waals surface area contributed by atoms with Gasteiger partial charge in [-0.2, -0.15) is 0 Å². The monoisotopic (exact) mass is 256 g/mol. The summed E-state index contributed by atoms with van der Waals surface area (Å²) in [5.74, 6) is 0.636. The summed E-state index contributed by atoms with van der Waals surface area (Å²) >= 11 is 0. The van der Waals surface area contributed by atoms with Gasteiger partial charge in [0, 0.05) is 6.42 Å². The maximum Gasteiger partial charge on any atom is 0.337 e. The Morgan fingerprint density at radius 3 is 1.89 bits per heavy atom. The van der Waals surface area contributed by atoms with E-state index < -0.39 is 0 Å². The van der Waals surface area contributed by atoms with E-state index in [-0.39, 0.29) is 5.97 Å². The van der Waals surface area contributed by atoms with Crippen LogP contribution in [0.2, 0.25) is 0 Å². The summed E-state index contributed by atoms with van der Waals surface area (Å²) in [6.45, 7) is 9.07. The van der Waals surface area contributed by atoms with Crippen LogP contribution in [0.15, 0.2) is 11.3 Å². The van der Waals surface area contributed by atoms with Crippen LogP contribution in [-0.4, -0.2) is 19.2 Å². The molecular weight excluding hydrogens is 228 g/mol. The van der Waals surface area contributed by atoms with Crippen LogP contribution >= 0.6 is 0 Å². The first-order valence-corrected chi connectivity index (χ1v) is 7.23. The van der Waals surface area contributed by atoms with Crippen molar-refractivity contribution in [1.82, 2.24) is 0 Å². The highest BCUT2D eigenvalue weighted by Gasteiger charge is 2.17. The normalized spacial score (nSPS) is 12.0. The number of ether oxygens (including phenoxy) is 2. The summed E-state index contributed by atoms with van der Waals surface area (Å²) in [4.78, 5) is 12.0. The van der Waals surface area contributed by atoms with Crippen molar-refractivity contribution >= 4 is 5.97 Å². The second-order valence-electron chi connectivity index (χ2n) is 4.26. The Kier molecular flexibility index (Phi) is 10.5. The molecule has 0 aliphatic heterocycles. The van der Waals surface area contributed by atoms with E-state index >= 15 is 0 Å². The number of carbonyl (C=O) groups is 1. The Morgan fingerprint density at radius 2 is 1.39 bits per heavy atom. The van der Waals surface area contributed by atoms with Crippen molar-refractivity contribution in [3.8, 4) is 0 Å². The largest absolute Gasteiger partial charge is 0.498 e. The Morgan fingerprint density at radius 1 is 0.833 bits per heavy atom. The van der Waals surface area contributed by atoms with E-state index in [1.807, 2.05) is 13.8 Å². The number of hydrogen-bond donors (Lipinski definition) is 0. The molecule has 0 aromatic carbocycles. The van der Waals surface area contributed by atoms with Crippen LogP contribution in [-0.2, 0) is 14.3 Å². The molecule has 0 saturated heterocycles. The molecule has 0 amide bonds. The fourth-order valence-corrected chi connectivity index (χ4v) is 1.75. The quantitative estimate of drug-likeness (QED) is 0.333. The third-order valence-corrected chi connectivity index (χ3v) is 2.71. The molecule has 18 heavy (non-hydrogen) atoms. The van der Waals surface area contributed by atoms with E-state index in [0.717, 1.165) is 49.9 Å². The maximum atomic E-state index is 12.0. The highest BCUT2D eigenvalue weighted by Crippen LogP contribution is 2.20. The molecule has 0 rings (SSSR count). The zero-order valence-electron chi connectivity index (χ0n) is 12.4. The number of unbranched alkanes of at least 4 members (excludes halogenated alkanes) is 2. The highest BCUT2D eigenvalue weighted by atomic mass is 16.5. The average Bonchev–Trinajstić information content (AvgIpc) is 2.36. The zero-order valence-corrected chi connectivity index (χ0v) is 12.4. The molecule has 3 heteroatoms. The molecule has 0 aliphatic rings. The van der Waals surface area contributed by atoms with Crippen LogP contribution in [0.1, 0.15) is 66.2 Å². The number of esters is 1. The summed E-state index contributed by atoms with van der Waals surface area (Å²) in [5.41, 5.74) is 0.744. The van der Waals surface area contributed by atoms with Crippen molar-refractivity contribution in [2.24, 2.45) is 0 Å². The minimum Gasteiger partial charge on any atom is -0.498 e. The fraction of sp³-hybridized carbons (Fsp3) is 0.800. The number of hydrogen-bond acceptors (Lipinski definition) is 3. The lowest BCUT2D eigenvalue weighted by Crippen LogP contribution is -2.12. The molecule has 0 fully saturated rings. The van der Waals surface area contributed by atoms with Gasteiger partial charge in [-0.1, -0.05) is 26.7 Å². The Labute approximate surface area is 112 Å². The van der Waals surface area contributed by atoms with Gasteiger partial charge in [-0.25, -0.2) is 4.79 Å². The molecule has 0 atom stereocenters. The van der Waals surface area contributed by atoms with Crippen molar-refractivity contribution in [2.45, 2.75) is 66.2 Å².